The molecule has 0 unspecified atom stereocenters. The second kappa shape index (κ2) is 5.98. The maximum absolute atomic E-state index is 6.09. The fourth-order valence-electron chi connectivity index (χ4n) is 3.45. The normalized spacial score (nSPS) is 26.9. The standard InChI is InChI=1S/C14H27N3/c1-2-8-16-9-11-17(12-10-16)14(13-15)6-4-3-5-7-14/h2H,1,3-13,15H2. The molecule has 3 heteroatoms. The largest absolute Gasteiger partial charge is 0.329 e. The average Bonchev–Trinajstić information content (AvgIpc) is 2.41. The molecule has 0 aromatic carbocycles. The van der Waals surface area contributed by atoms with Crippen LogP contribution in [0, 0.1) is 0 Å². The number of nitrogens with zero attached hydrogens (tertiary/aromatic N) is 2. The minimum atomic E-state index is 0.332. The zero-order valence-electron chi connectivity index (χ0n) is 11.0. The highest BCUT2D eigenvalue weighted by atomic mass is 15.3. The maximum Gasteiger partial charge on any atom is 0.0332 e. The zero-order valence-corrected chi connectivity index (χ0v) is 11.0. The van der Waals surface area contributed by atoms with Gasteiger partial charge in [-0.3, -0.25) is 9.80 Å². The highest BCUT2D eigenvalue weighted by Gasteiger charge is 2.37. The lowest BCUT2D eigenvalue weighted by Gasteiger charge is -2.49. The van der Waals surface area contributed by atoms with Crippen molar-refractivity contribution in [1.82, 2.24) is 9.80 Å². The third-order valence-corrected chi connectivity index (χ3v) is 4.59. The Bertz CT molecular complexity index is 238. The van der Waals surface area contributed by atoms with Gasteiger partial charge in [-0.15, -0.1) is 6.58 Å². The topological polar surface area (TPSA) is 32.5 Å². The molecule has 1 saturated carbocycles. The fourth-order valence-corrected chi connectivity index (χ4v) is 3.45. The molecule has 0 bridgehead atoms. The van der Waals surface area contributed by atoms with Gasteiger partial charge in [0.25, 0.3) is 0 Å². The Kier molecular flexibility index (Phi) is 4.60. The highest BCUT2D eigenvalue weighted by molar-refractivity contribution is 4.96. The van der Waals surface area contributed by atoms with Gasteiger partial charge in [0.2, 0.25) is 0 Å². The van der Waals surface area contributed by atoms with Crippen molar-refractivity contribution in [2.45, 2.75) is 37.6 Å². The van der Waals surface area contributed by atoms with Gasteiger partial charge in [0.05, 0.1) is 0 Å². The lowest BCUT2D eigenvalue weighted by molar-refractivity contribution is 0.0159. The monoisotopic (exact) mass is 237 g/mol. The van der Waals surface area contributed by atoms with E-state index in [1.807, 2.05) is 6.08 Å². The molecule has 0 spiro atoms. The second-order valence-electron chi connectivity index (χ2n) is 5.57. The van der Waals surface area contributed by atoms with Crippen LogP contribution in [0.25, 0.3) is 0 Å². The maximum atomic E-state index is 6.09. The molecule has 1 saturated heterocycles. The van der Waals surface area contributed by atoms with Crippen molar-refractivity contribution < 1.29 is 0 Å². The number of hydrogen-bond acceptors (Lipinski definition) is 3. The predicted molar refractivity (Wildman–Crippen MR) is 73.1 cm³/mol. The Morgan fingerprint density at radius 3 is 2.24 bits per heavy atom. The van der Waals surface area contributed by atoms with Crippen molar-refractivity contribution in [1.29, 1.82) is 0 Å². The predicted octanol–water partition coefficient (Wildman–Crippen LogP) is 1.45. The number of piperazine rings is 1. The molecular weight excluding hydrogens is 210 g/mol. The van der Waals surface area contributed by atoms with Crippen LogP contribution in [0.2, 0.25) is 0 Å². The summed E-state index contributed by atoms with van der Waals surface area (Å²) < 4.78 is 0. The van der Waals surface area contributed by atoms with Crippen LogP contribution in [-0.2, 0) is 0 Å². The summed E-state index contributed by atoms with van der Waals surface area (Å²) in [6.07, 6.45) is 8.76. The van der Waals surface area contributed by atoms with Crippen LogP contribution in [0.1, 0.15) is 32.1 Å². The summed E-state index contributed by atoms with van der Waals surface area (Å²) in [5.74, 6) is 0. The molecule has 0 atom stereocenters. The Balaban J connectivity index is 1.91. The summed E-state index contributed by atoms with van der Waals surface area (Å²) in [5, 5.41) is 0. The molecule has 1 aliphatic carbocycles. The summed E-state index contributed by atoms with van der Waals surface area (Å²) in [6.45, 7) is 10.4. The second-order valence-corrected chi connectivity index (χ2v) is 5.57. The fraction of sp³-hybridized carbons (Fsp3) is 0.857. The smallest absolute Gasteiger partial charge is 0.0332 e. The number of rotatable bonds is 4. The minimum Gasteiger partial charge on any atom is -0.329 e. The van der Waals surface area contributed by atoms with E-state index >= 15 is 0 Å². The van der Waals surface area contributed by atoms with Crippen LogP contribution >= 0.6 is 0 Å². The number of hydrogen-bond donors (Lipinski definition) is 1. The van der Waals surface area contributed by atoms with Crippen molar-refractivity contribution in [2.24, 2.45) is 5.73 Å². The molecule has 1 heterocycles. The zero-order chi connectivity index (χ0) is 12.1. The van der Waals surface area contributed by atoms with Crippen LogP contribution in [0.4, 0.5) is 0 Å². The molecule has 0 amide bonds. The molecule has 98 valence electrons. The van der Waals surface area contributed by atoms with Gasteiger partial charge in [-0.05, 0) is 12.8 Å². The third kappa shape index (κ3) is 2.90. The Morgan fingerprint density at radius 1 is 1.06 bits per heavy atom. The Labute approximate surface area is 106 Å². The molecule has 1 aliphatic heterocycles. The average molecular weight is 237 g/mol. The van der Waals surface area contributed by atoms with Gasteiger partial charge in [0.1, 0.15) is 0 Å². The van der Waals surface area contributed by atoms with Crippen LogP contribution in [-0.4, -0.2) is 54.6 Å². The first-order valence-electron chi connectivity index (χ1n) is 7.09. The van der Waals surface area contributed by atoms with E-state index in [0.717, 1.165) is 13.1 Å². The van der Waals surface area contributed by atoms with Crippen molar-refractivity contribution in [3.05, 3.63) is 12.7 Å². The molecular formula is C14H27N3. The van der Waals surface area contributed by atoms with Crippen LogP contribution in [0.5, 0.6) is 0 Å². The van der Waals surface area contributed by atoms with Crippen molar-refractivity contribution in [3.8, 4) is 0 Å². The Morgan fingerprint density at radius 2 is 1.71 bits per heavy atom. The highest BCUT2D eigenvalue weighted by Crippen LogP contribution is 2.33. The van der Waals surface area contributed by atoms with Gasteiger partial charge < -0.3 is 5.73 Å². The first-order chi connectivity index (χ1) is 8.30. The molecule has 0 radical (unpaired) electrons. The van der Waals surface area contributed by atoms with E-state index in [1.54, 1.807) is 0 Å². The molecule has 2 rings (SSSR count). The van der Waals surface area contributed by atoms with Gasteiger partial charge >= 0.3 is 0 Å². The van der Waals surface area contributed by atoms with Crippen LogP contribution < -0.4 is 5.73 Å². The van der Waals surface area contributed by atoms with E-state index < -0.39 is 0 Å². The SMILES string of the molecule is C=CCN1CCN(C2(CN)CCCCC2)CC1. The molecule has 0 aromatic heterocycles. The summed E-state index contributed by atoms with van der Waals surface area (Å²) in [6, 6.07) is 0. The van der Waals surface area contributed by atoms with Crippen molar-refractivity contribution in [3.63, 3.8) is 0 Å². The molecule has 3 nitrogen and oxygen atoms in total. The molecule has 2 aliphatic rings. The van der Waals surface area contributed by atoms with E-state index in [0.29, 0.717) is 5.54 Å². The van der Waals surface area contributed by atoms with Gasteiger partial charge in [0.15, 0.2) is 0 Å². The molecule has 2 N–H and O–H groups in total. The van der Waals surface area contributed by atoms with Gasteiger partial charge in [-0.1, -0.05) is 25.3 Å². The van der Waals surface area contributed by atoms with Crippen molar-refractivity contribution in [2.75, 3.05) is 39.3 Å². The summed E-state index contributed by atoms with van der Waals surface area (Å²) in [4.78, 5) is 5.16. The lowest BCUT2D eigenvalue weighted by Crippen LogP contribution is -2.60. The van der Waals surface area contributed by atoms with E-state index in [4.69, 9.17) is 5.73 Å². The van der Waals surface area contributed by atoms with E-state index in [1.165, 1.54) is 58.3 Å². The van der Waals surface area contributed by atoms with Crippen LogP contribution in [0.3, 0.4) is 0 Å². The molecule has 17 heavy (non-hydrogen) atoms. The summed E-state index contributed by atoms with van der Waals surface area (Å²) in [7, 11) is 0. The lowest BCUT2D eigenvalue weighted by atomic mass is 9.80. The minimum absolute atomic E-state index is 0.332. The van der Waals surface area contributed by atoms with E-state index in [-0.39, 0.29) is 0 Å². The van der Waals surface area contributed by atoms with E-state index in [9.17, 15) is 0 Å². The quantitative estimate of drug-likeness (QED) is 0.751. The van der Waals surface area contributed by atoms with E-state index in [2.05, 4.69) is 16.4 Å². The summed E-state index contributed by atoms with van der Waals surface area (Å²) in [5.41, 5.74) is 6.42. The van der Waals surface area contributed by atoms with Gasteiger partial charge in [-0.25, -0.2) is 0 Å². The third-order valence-electron chi connectivity index (χ3n) is 4.59. The number of nitrogens with two attached hydrogens (primary N) is 1. The first-order valence-corrected chi connectivity index (χ1v) is 7.09. The Hall–Kier alpha value is -0.380. The van der Waals surface area contributed by atoms with Gasteiger partial charge in [0, 0.05) is 44.8 Å². The van der Waals surface area contributed by atoms with Gasteiger partial charge in [-0.2, -0.15) is 0 Å². The summed E-state index contributed by atoms with van der Waals surface area (Å²) >= 11 is 0. The van der Waals surface area contributed by atoms with Crippen LogP contribution in [0.15, 0.2) is 12.7 Å². The van der Waals surface area contributed by atoms with Crippen molar-refractivity contribution >= 4 is 0 Å². The molecule has 0 aromatic rings. The first kappa shape index (κ1) is 13.1. The molecule has 2 fully saturated rings.